The number of halogens is 1. The molecule has 0 aliphatic carbocycles. The van der Waals surface area contributed by atoms with Crippen LogP contribution in [0, 0.1) is 0 Å². The maximum absolute atomic E-state index is 11.4. The van der Waals surface area contributed by atoms with Crippen LogP contribution < -0.4 is 0 Å². The summed E-state index contributed by atoms with van der Waals surface area (Å²) < 4.78 is 16.3. The Balaban J connectivity index is 2.48. The Morgan fingerprint density at radius 2 is 2.56 bits per heavy atom. The van der Waals surface area contributed by atoms with Crippen LogP contribution >= 0.6 is 0 Å². The monoisotopic (exact) mass is 126 g/mol. The average molecular weight is 126 g/mol. The topological polar surface area (TPSA) is 13.1 Å². The van der Waals surface area contributed by atoms with Gasteiger partial charge >= 0.3 is 0 Å². The van der Waals surface area contributed by atoms with Gasteiger partial charge < -0.3 is 4.42 Å². The minimum Gasteiger partial charge on any atom is -0.469 e. The van der Waals surface area contributed by atoms with E-state index in [0.29, 0.717) is 12.8 Å². The van der Waals surface area contributed by atoms with Gasteiger partial charge in [-0.1, -0.05) is 0 Å². The first kappa shape index (κ1) is 6.08. The molecule has 0 N–H and O–H groups in total. The van der Waals surface area contributed by atoms with Crippen LogP contribution in [-0.4, -0.2) is 0 Å². The van der Waals surface area contributed by atoms with Gasteiger partial charge in [0.2, 0.25) is 0 Å². The van der Waals surface area contributed by atoms with Crippen molar-refractivity contribution in [3.05, 3.63) is 36.6 Å². The Labute approximate surface area is 52.8 Å². The highest BCUT2D eigenvalue weighted by molar-refractivity contribution is 5.02. The highest BCUT2D eigenvalue weighted by atomic mass is 19.1. The lowest BCUT2D eigenvalue weighted by atomic mass is 10.3. The van der Waals surface area contributed by atoms with E-state index >= 15 is 0 Å². The van der Waals surface area contributed by atoms with Gasteiger partial charge in [-0.15, -0.1) is 0 Å². The maximum atomic E-state index is 11.4. The van der Waals surface area contributed by atoms with E-state index in [1.165, 1.54) is 6.08 Å². The average Bonchev–Trinajstić information content (AvgIpc) is 2.34. The number of hydrogen-bond acceptors (Lipinski definition) is 1. The van der Waals surface area contributed by atoms with Crippen molar-refractivity contribution in [3.63, 3.8) is 0 Å². The van der Waals surface area contributed by atoms with E-state index in [4.69, 9.17) is 4.42 Å². The van der Waals surface area contributed by atoms with E-state index in [0.717, 1.165) is 5.76 Å². The number of allylic oxidation sites excluding steroid dienone is 1. The van der Waals surface area contributed by atoms with Crippen LogP contribution in [0.5, 0.6) is 0 Å². The molecule has 0 aromatic carbocycles. The lowest BCUT2D eigenvalue weighted by molar-refractivity contribution is 0.522. The van der Waals surface area contributed by atoms with Gasteiger partial charge in [0.25, 0.3) is 0 Å². The van der Waals surface area contributed by atoms with Crippen LogP contribution in [0.2, 0.25) is 0 Å². The molecule has 0 bridgehead atoms. The molecule has 0 aliphatic rings. The van der Waals surface area contributed by atoms with Gasteiger partial charge in [0, 0.05) is 6.42 Å². The minimum absolute atomic E-state index is 0.516. The van der Waals surface area contributed by atoms with Gasteiger partial charge in [-0.05, 0) is 18.2 Å². The number of hydrogen-bond donors (Lipinski definition) is 0. The molecule has 0 fully saturated rings. The highest BCUT2D eigenvalue weighted by Gasteiger charge is 1.88. The Hall–Kier alpha value is -1.05. The number of furan rings is 1. The first-order chi connectivity index (χ1) is 4.43. The van der Waals surface area contributed by atoms with Gasteiger partial charge in [0.1, 0.15) is 5.76 Å². The zero-order valence-corrected chi connectivity index (χ0v) is 4.88. The van der Waals surface area contributed by atoms with Crippen LogP contribution in [0.15, 0.2) is 35.2 Å². The Morgan fingerprint density at radius 1 is 1.67 bits per heavy atom. The molecule has 0 saturated carbocycles. The molecule has 1 aromatic heterocycles. The third-order valence-corrected chi connectivity index (χ3v) is 0.988. The first-order valence-electron chi connectivity index (χ1n) is 2.71. The molecule has 1 heterocycles. The Morgan fingerprint density at radius 3 is 3.11 bits per heavy atom. The summed E-state index contributed by atoms with van der Waals surface area (Å²) in [5.41, 5.74) is 0. The summed E-state index contributed by atoms with van der Waals surface area (Å²) >= 11 is 0. The van der Waals surface area contributed by atoms with Crippen LogP contribution in [0.3, 0.4) is 0 Å². The van der Waals surface area contributed by atoms with Gasteiger partial charge in [-0.2, -0.15) is 0 Å². The summed E-state index contributed by atoms with van der Waals surface area (Å²) in [7, 11) is 0. The lowest BCUT2D eigenvalue weighted by Gasteiger charge is -1.82. The van der Waals surface area contributed by atoms with E-state index in [1.54, 1.807) is 18.4 Å². The molecule has 0 saturated heterocycles. The third-order valence-electron chi connectivity index (χ3n) is 0.988. The molecule has 1 rings (SSSR count). The fraction of sp³-hybridized carbons (Fsp3) is 0.143. The second kappa shape index (κ2) is 3.07. The summed E-state index contributed by atoms with van der Waals surface area (Å²) in [6.07, 6.45) is 4.02. The predicted octanol–water partition coefficient (Wildman–Crippen LogP) is 2.31. The Kier molecular flexibility index (Phi) is 2.07. The van der Waals surface area contributed by atoms with Crippen LogP contribution in [0.4, 0.5) is 4.39 Å². The van der Waals surface area contributed by atoms with E-state index < -0.39 is 0 Å². The largest absolute Gasteiger partial charge is 0.469 e. The molecular weight excluding hydrogens is 119 g/mol. The van der Waals surface area contributed by atoms with E-state index in [2.05, 4.69) is 0 Å². The van der Waals surface area contributed by atoms with E-state index in [9.17, 15) is 4.39 Å². The molecule has 9 heavy (non-hydrogen) atoms. The fourth-order valence-corrected chi connectivity index (χ4v) is 0.589. The van der Waals surface area contributed by atoms with Gasteiger partial charge in [-0.3, -0.25) is 0 Å². The van der Waals surface area contributed by atoms with Crippen molar-refractivity contribution < 1.29 is 8.81 Å². The van der Waals surface area contributed by atoms with Crippen molar-refractivity contribution >= 4 is 0 Å². The second-order valence-electron chi connectivity index (χ2n) is 1.65. The summed E-state index contributed by atoms with van der Waals surface area (Å²) in [5.74, 6) is 0.781. The maximum Gasteiger partial charge on any atom is 0.107 e. The van der Waals surface area contributed by atoms with Crippen LogP contribution in [0.1, 0.15) is 5.76 Å². The molecular formula is C7H7FO. The quantitative estimate of drug-likeness (QED) is 0.592. The minimum atomic E-state index is 0.516. The zero-order chi connectivity index (χ0) is 6.53. The zero-order valence-electron chi connectivity index (χ0n) is 4.88. The first-order valence-corrected chi connectivity index (χ1v) is 2.71. The van der Waals surface area contributed by atoms with Crippen molar-refractivity contribution in [2.45, 2.75) is 6.42 Å². The molecule has 0 unspecified atom stereocenters. The third kappa shape index (κ3) is 1.72. The summed E-state index contributed by atoms with van der Waals surface area (Å²) in [5, 5.41) is 0. The Bertz CT molecular complexity index is 177. The molecule has 0 atom stereocenters. The van der Waals surface area contributed by atoms with Crippen molar-refractivity contribution in [1.29, 1.82) is 0 Å². The van der Waals surface area contributed by atoms with Gasteiger partial charge in [0.15, 0.2) is 0 Å². The molecule has 0 aliphatic heterocycles. The standard InChI is InChI=1S/C7H7FO/c8-5-1-3-7-4-2-6-9-7/h1-2,4-6H,3H2. The van der Waals surface area contributed by atoms with Crippen molar-refractivity contribution in [1.82, 2.24) is 0 Å². The summed E-state index contributed by atoms with van der Waals surface area (Å²) in [4.78, 5) is 0. The van der Waals surface area contributed by atoms with Crippen molar-refractivity contribution in [2.24, 2.45) is 0 Å². The molecule has 0 spiro atoms. The molecule has 1 aromatic rings. The highest BCUT2D eigenvalue weighted by Crippen LogP contribution is 2.00. The van der Waals surface area contributed by atoms with Crippen LogP contribution in [0.25, 0.3) is 0 Å². The lowest BCUT2D eigenvalue weighted by Crippen LogP contribution is -1.70. The molecule has 2 heteroatoms. The van der Waals surface area contributed by atoms with Crippen LogP contribution in [-0.2, 0) is 6.42 Å². The molecule has 48 valence electrons. The fourth-order valence-electron chi connectivity index (χ4n) is 0.589. The smallest absolute Gasteiger partial charge is 0.107 e. The van der Waals surface area contributed by atoms with Crippen molar-refractivity contribution in [2.75, 3.05) is 0 Å². The van der Waals surface area contributed by atoms with E-state index in [-0.39, 0.29) is 0 Å². The van der Waals surface area contributed by atoms with Crippen molar-refractivity contribution in [3.8, 4) is 0 Å². The normalized spacial score (nSPS) is 10.8. The molecule has 0 amide bonds. The number of rotatable bonds is 2. The van der Waals surface area contributed by atoms with Gasteiger partial charge in [0.05, 0.1) is 12.6 Å². The second-order valence-corrected chi connectivity index (χ2v) is 1.65. The summed E-state index contributed by atoms with van der Waals surface area (Å²) in [6.45, 7) is 0. The predicted molar refractivity (Wildman–Crippen MR) is 32.7 cm³/mol. The molecule has 1 nitrogen and oxygen atoms in total. The molecule has 0 radical (unpaired) electrons. The van der Waals surface area contributed by atoms with E-state index in [1.807, 2.05) is 0 Å². The van der Waals surface area contributed by atoms with Gasteiger partial charge in [-0.25, -0.2) is 4.39 Å². The SMILES string of the molecule is FC=CCc1ccco1. The summed E-state index contributed by atoms with van der Waals surface area (Å²) in [6, 6.07) is 3.58.